The molecule has 0 aromatic rings. The van der Waals surface area contributed by atoms with E-state index >= 15 is 0 Å². The van der Waals surface area contributed by atoms with Crippen LogP contribution < -0.4 is 0 Å². The second-order valence-corrected chi connectivity index (χ2v) is 27.2. The fourth-order valence-electron chi connectivity index (χ4n) is 4.49. The first kappa shape index (κ1) is 15.9. The van der Waals surface area contributed by atoms with Crippen LogP contribution in [0.2, 0.25) is 16.7 Å². The molecule has 2 heteroatoms. The van der Waals surface area contributed by atoms with Gasteiger partial charge < -0.3 is 0 Å². The Kier molecular flexibility index (Phi) is 5.38. The van der Waals surface area contributed by atoms with Crippen LogP contribution in [-0.4, -0.2) is 5.92 Å². The zero-order chi connectivity index (χ0) is 14.8. The molecular weight excluding hydrogens is 348 g/mol. The number of hydrogen-bond donors (Lipinski definition) is 0. The molecule has 3 aliphatic rings. The average Bonchev–Trinajstić information content (AvgIpc) is 3.08. The van der Waals surface area contributed by atoms with E-state index in [1.54, 1.807) is 5.57 Å². The van der Waals surface area contributed by atoms with Gasteiger partial charge in [-0.05, 0) is 0 Å². The normalized spacial score (nSPS) is 27.5. The van der Waals surface area contributed by atoms with Gasteiger partial charge in [0.2, 0.25) is 0 Å². The van der Waals surface area contributed by atoms with E-state index in [2.05, 4.69) is 50.4 Å². The fourth-order valence-corrected chi connectivity index (χ4v) is 26.4. The van der Waals surface area contributed by atoms with E-state index in [1.807, 2.05) is 8.85 Å². The molecule has 0 heterocycles. The monoisotopic (exact) mass is 375 g/mol. The van der Waals surface area contributed by atoms with Crippen LogP contribution in [0.5, 0.6) is 0 Å². The van der Waals surface area contributed by atoms with Gasteiger partial charge in [0.25, 0.3) is 0 Å². The van der Waals surface area contributed by atoms with Gasteiger partial charge in [0.1, 0.15) is 0 Å². The van der Waals surface area contributed by atoms with E-state index < -0.39 is 26.8 Å². The van der Waals surface area contributed by atoms with Gasteiger partial charge in [-0.3, -0.25) is 0 Å². The average molecular weight is 377 g/mol. The van der Waals surface area contributed by atoms with Crippen molar-refractivity contribution in [1.29, 1.82) is 0 Å². The van der Waals surface area contributed by atoms with Gasteiger partial charge in [-0.15, -0.1) is 0 Å². The second kappa shape index (κ2) is 7.09. The van der Waals surface area contributed by atoms with E-state index in [0.717, 1.165) is 9.54 Å². The van der Waals surface area contributed by atoms with Crippen molar-refractivity contribution in [2.45, 2.75) is 62.2 Å². The quantitative estimate of drug-likeness (QED) is 0.541. The Bertz CT molecular complexity index is 510. The van der Waals surface area contributed by atoms with Gasteiger partial charge in [0.05, 0.1) is 0 Å². The van der Waals surface area contributed by atoms with Crippen LogP contribution in [0.3, 0.4) is 0 Å². The molecule has 3 rings (SSSR count). The number of allylic oxidation sites excluding steroid dienone is 8. The van der Waals surface area contributed by atoms with Crippen molar-refractivity contribution in [2.24, 2.45) is 5.92 Å². The van der Waals surface area contributed by atoms with Crippen LogP contribution in [0.4, 0.5) is 0 Å². The maximum atomic E-state index is 2.66. The summed E-state index contributed by atoms with van der Waals surface area (Å²) in [5.74, 6) is 0.449. The van der Waals surface area contributed by atoms with E-state index in [4.69, 9.17) is 0 Å². The van der Waals surface area contributed by atoms with E-state index in [-0.39, 0.29) is 0 Å². The standard InChI is InChI=1S/C9H11.C8H11.C2H7Si.Zr/c1-2-5-9-7-3-6-8(9)4-1;1-2-5-8-6-3-4-7-8;1-3-2;/h1-2,4,6,9H,3,5,7H2;6-7H,2-3,5H2,1H3;3H,1-2H3;. The third kappa shape index (κ3) is 3.37. The van der Waals surface area contributed by atoms with E-state index in [0.29, 0.717) is 0 Å². The SMILES string of the molecule is CCCC1=CC[C]([Zr]([CH]2CCC3CC=CC=C32)[SiH](C)C)=C1. The molecular formula is C19H29SiZr. The molecule has 3 aliphatic carbocycles. The Labute approximate surface area is 139 Å². The Balaban J connectivity index is 1.82. The summed E-state index contributed by atoms with van der Waals surface area (Å²) >= 11 is -1.40. The molecule has 0 spiro atoms. The summed E-state index contributed by atoms with van der Waals surface area (Å²) in [4.78, 5) is 0. The summed E-state index contributed by atoms with van der Waals surface area (Å²) in [5.41, 5.74) is 3.55. The zero-order valence-electron chi connectivity index (χ0n) is 13.9. The van der Waals surface area contributed by atoms with Crippen molar-refractivity contribution >= 4 is 5.92 Å². The molecule has 0 nitrogen and oxygen atoms in total. The molecule has 1 fully saturated rings. The summed E-state index contributed by atoms with van der Waals surface area (Å²) in [6, 6.07) is 0. The van der Waals surface area contributed by atoms with Crippen LogP contribution in [0, 0.1) is 5.92 Å². The molecule has 2 atom stereocenters. The summed E-state index contributed by atoms with van der Waals surface area (Å²) in [6.07, 6.45) is 20.7. The van der Waals surface area contributed by atoms with E-state index in [9.17, 15) is 0 Å². The third-order valence-corrected chi connectivity index (χ3v) is 26.4. The topological polar surface area (TPSA) is 0 Å². The molecule has 0 amide bonds. The first-order valence-corrected chi connectivity index (χ1v) is 18.6. The van der Waals surface area contributed by atoms with Gasteiger partial charge in [-0.2, -0.15) is 0 Å². The third-order valence-electron chi connectivity index (χ3n) is 5.37. The summed E-state index contributed by atoms with van der Waals surface area (Å²) in [6.45, 7) is 7.62. The molecule has 113 valence electrons. The number of fused-ring (bicyclic) bond motifs is 1. The Hall–Kier alpha value is 0.0600. The Morgan fingerprint density at radius 1 is 1.29 bits per heavy atom. The molecule has 2 unspecified atom stereocenters. The Morgan fingerprint density at radius 3 is 2.90 bits per heavy atom. The minimum atomic E-state index is -1.40. The number of rotatable bonds is 5. The molecule has 21 heavy (non-hydrogen) atoms. The summed E-state index contributed by atoms with van der Waals surface area (Å²) in [7, 11) is 0. The first-order valence-electron chi connectivity index (χ1n) is 8.84. The van der Waals surface area contributed by atoms with Gasteiger partial charge in [-0.25, -0.2) is 0 Å². The minimum absolute atomic E-state index is 0.476. The molecule has 0 radical (unpaired) electrons. The van der Waals surface area contributed by atoms with Crippen LogP contribution in [0.25, 0.3) is 0 Å². The van der Waals surface area contributed by atoms with Crippen molar-refractivity contribution in [3.05, 3.63) is 44.8 Å². The fraction of sp³-hybridized carbons (Fsp3) is 0.579. The van der Waals surface area contributed by atoms with Crippen molar-refractivity contribution in [3.63, 3.8) is 0 Å². The van der Waals surface area contributed by atoms with Crippen molar-refractivity contribution in [1.82, 2.24) is 0 Å². The Morgan fingerprint density at radius 2 is 2.14 bits per heavy atom. The van der Waals surface area contributed by atoms with Crippen LogP contribution in [0.15, 0.2) is 44.8 Å². The first-order chi connectivity index (χ1) is 10.2. The van der Waals surface area contributed by atoms with Gasteiger partial charge in [0, 0.05) is 0 Å². The molecule has 1 saturated carbocycles. The predicted octanol–water partition coefficient (Wildman–Crippen LogP) is 5.69. The van der Waals surface area contributed by atoms with Crippen molar-refractivity contribution < 1.29 is 20.9 Å². The van der Waals surface area contributed by atoms with Gasteiger partial charge in [0.15, 0.2) is 0 Å². The summed E-state index contributed by atoms with van der Waals surface area (Å²) < 4.78 is 3.04. The van der Waals surface area contributed by atoms with Crippen LogP contribution in [-0.2, 0) is 20.9 Å². The van der Waals surface area contributed by atoms with Crippen molar-refractivity contribution in [3.8, 4) is 0 Å². The molecule has 0 N–H and O–H groups in total. The predicted molar refractivity (Wildman–Crippen MR) is 92.9 cm³/mol. The number of hydrogen-bond acceptors (Lipinski definition) is 0. The van der Waals surface area contributed by atoms with Gasteiger partial charge in [-0.1, -0.05) is 0 Å². The van der Waals surface area contributed by atoms with Crippen molar-refractivity contribution in [2.75, 3.05) is 0 Å². The van der Waals surface area contributed by atoms with Gasteiger partial charge >= 0.3 is 140 Å². The molecule has 0 bridgehead atoms. The molecule has 0 aromatic carbocycles. The molecule has 0 saturated heterocycles. The van der Waals surface area contributed by atoms with E-state index in [1.165, 1.54) is 38.5 Å². The molecule has 0 aliphatic heterocycles. The zero-order valence-corrected chi connectivity index (χ0v) is 17.5. The van der Waals surface area contributed by atoms with Crippen LogP contribution >= 0.6 is 0 Å². The van der Waals surface area contributed by atoms with Crippen LogP contribution in [0.1, 0.15) is 45.4 Å². The molecule has 0 aromatic heterocycles. The maximum absolute atomic E-state index is 2.66. The second-order valence-electron chi connectivity index (χ2n) is 7.17. The summed E-state index contributed by atoms with van der Waals surface area (Å²) in [5, 5.41) is 0.